The summed E-state index contributed by atoms with van der Waals surface area (Å²) in [6, 6.07) is 6.52. The molecule has 100 valence electrons. The van der Waals surface area contributed by atoms with Crippen LogP contribution in [0.2, 0.25) is 0 Å². The molecular formula is C13H19NO3S. The van der Waals surface area contributed by atoms with E-state index in [-0.39, 0.29) is 17.0 Å². The van der Waals surface area contributed by atoms with Crippen LogP contribution in [0.25, 0.3) is 0 Å². The summed E-state index contributed by atoms with van der Waals surface area (Å²) in [5.74, 6) is 0. The van der Waals surface area contributed by atoms with E-state index >= 15 is 0 Å². The summed E-state index contributed by atoms with van der Waals surface area (Å²) in [6.45, 7) is 4.33. The molecule has 0 saturated carbocycles. The maximum atomic E-state index is 12.6. The molecular weight excluding hydrogens is 250 g/mol. The van der Waals surface area contributed by atoms with Crippen LogP contribution < -0.4 is 0 Å². The van der Waals surface area contributed by atoms with Gasteiger partial charge in [-0.25, -0.2) is 8.42 Å². The van der Waals surface area contributed by atoms with E-state index in [4.69, 9.17) is 5.11 Å². The van der Waals surface area contributed by atoms with Gasteiger partial charge in [0.25, 0.3) is 0 Å². The van der Waals surface area contributed by atoms with Crippen LogP contribution in [-0.4, -0.2) is 29.9 Å². The van der Waals surface area contributed by atoms with Crippen molar-refractivity contribution in [2.75, 3.05) is 6.54 Å². The maximum Gasteiger partial charge on any atom is 0.243 e. The minimum Gasteiger partial charge on any atom is -0.392 e. The van der Waals surface area contributed by atoms with Gasteiger partial charge in [-0.3, -0.25) is 0 Å². The average molecular weight is 269 g/mol. The van der Waals surface area contributed by atoms with E-state index in [2.05, 4.69) is 0 Å². The van der Waals surface area contributed by atoms with E-state index in [9.17, 15) is 8.42 Å². The molecule has 2 rings (SSSR count). The van der Waals surface area contributed by atoms with E-state index in [0.717, 1.165) is 12.8 Å². The van der Waals surface area contributed by atoms with Crippen molar-refractivity contribution in [3.8, 4) is 0 Å². The summed E-state index contributed by atoms with van der Waals surface area (Å²) in [4.78, 5) is 0.268. The van der Waals surface area contributed by atoms with Crippen molar-refractivity contribution >= 4 is 10.0 Å². The Morgan fingerprint density at radius 1 is 1.39 bits per heavy atom. The molecule has 1 aromatic carbocycles. The molecule has 5 heteroatoms. The molecule has 18 heavy (non-hydrogen) atoms. The van der Waals surface area contributed by atoms with Crippen LogP contribution in [0.3, 0.4) is 0 Å². The smallest absolute Gasteiger partial charge is 0.243 e. The lowest BCUT2D eigenvalue weighted by molar-refractivity contribution is 0.281. The molecule has 0 amide bonds. The third-order valence-electron chi connectivity index (χ3n) is 3.49. The maximum absolute atomic E-state index is 12.6. The molecule has 0 unspecified atom stereocenters. The van der Waals surface area contributed by atoms with E-state index in [1.165, 1.54) is 0 Å². The van der Waals surface area contributed by atoms with Crippen molar-refractivity contribution in [2.24, 2.45) is 0 Å². The standard InChI is InChI=1S/C13H19NO3S/c1-13(2)7-4-8-14(13)18(16,17)12-6-3-5-11(9-12)10-15/h3,5-6,9,15H,4,7-8,10H2,1-2H3. The molecule has 0 bridgehead atoms. The highest BCUT2D eigenvalue weighted by atomic mass is 32.2. The number of hydrogen-bond donors (Lipinski definition) is 1. The number of hydrogen-bond acceptors (Lipinski definition) is 3. The molecule has 0 atom stereocenters. The SMILES string of the molecule is CC1(C)CCCN1S(=O)(=O)c1cccc(CO)c1. The predicted molar refractivity (Wildman–Crippen MR) is 69.6 cm³/mol. The largest absolute Gasteiger partial charge is 0.392 e. The first-order valence-electron chi connectivity index (χ1n) is 6.10. The van der Waals surface area contributed by atoms with Crippen LogP contribution in [0.15, 0.2) is 29.2 Å². The molecule has 1 aliphatic rings. The summed E-state index contributed by atoms with van der Waals surface area (Å²) < 4.78 is 26.7. The van der Waals surface area contributed by atoms with Crippen LogP contribution in [-0.2, 0) is 16.6 Å². The molecule has 0 radical (unpaired) electrons. The van der Waals surface area contributed by atoms with E-state index in [1.54, 1.807) is 28.6 Å². The number of benzene rings is 1. The fourth-order valence-corrected chi connectivity index (χ4v) is 4.38. The van der Waals surface area contributed by atoms with Crippen molar-refractivity contribution in [3.63, 3.8) is 0 Å². The Bertz CT molecular complexity index is 537. The molecule has 1 aliphatic heterocycles. The molecule has 1 saturated heterocycles. The van der Waals surface area contributed by atoms with Crippen molar-refractivity contribution in [1.29, 1.82) is 0 Å². The van der Waals surface area contributed by atoms with Crippen LogP contribution in [0.4, 0.5) is 0 Å². The normalized spacial score (nSPS) is 20.2. The number of sulfonamides is 1. The lowest BCUT2D eigenvalue weighted by Crippen LogP contribution is -2.42. The zero-order valence-corrected chi connectivity index (χ0v) is 11.6. The summed E-state index contributed by atoms with van der Waals surface area (Å²) in [7, 11) is -3.46. The van der Waals surface area contributed by atoms with Crippen LogP contribution in [0.1, 0.15) is 32.3 Å². The molecule has 1 heterocycles. The first-order valence-corrected chi connectivity index (χ1v) is 7.54. The van der Waals surface area contributed by atoms with Crippen LogP contribution >= 0.6 is 0 Å². The monoisotopic (exact) mass is 269 g/mol. The van der Waals surface area contributed by atoms with Gasteiger partial charge in [0, 0.05) is 12.1 Å². The second-order valence-corrected chi connectivity index (χ2v) is 7.16. The lowest BCUT2D eigenvalue weighted by Gasteiger charge is -2.30. The quantitative estimate of drug-likeness (QED) is 0.909. The number of aliphatic hydroxyl groups excluding tert-OH is 1. The zero-order chi connectivity index (χ0) is 13.4. The lowest BCUT2D eigenvalue weighted by atomic mass is 10.0. The molecule has 1 aromatic rings. The second kappa shape index (κ2) is 4.64. The second-order valence-electron chi connectivity index (χ2n) is 5.30. The van der Waals surface area contributed by atoms with Gasteiger partial charge in [0.2, 0.25) is 10.0 Å². The third-order valence-corrected chi connectivity index (χ3v) is 5.60. The first kappa shape index (κ1) is 13.5. The number of rotatable bonds is 3. The van der Waals surface area contributed by atoms with Crippen molar-refractivity contribution in [3.05, 3.63) is 29.8 Å². The van der Waals surface area contributed by atoms with E-state index in [0.29, 0.717) is 12.1 Å². The highest BCUT2D eigenvalue weighted by molar-refractivity contribution is 7.89. The Balaban J connectivity index is 2.42. The molecule has 0 aliphatic carbocycles. The summed E-state index contributed by atoms with van der Waals surface area (Å²) in [5.41, 5.74) is 0.293. The first-order chi connectivity index (χ1) is 8.38. The molecule has 1 N–H and O–H groups in total. The van der Waals surface area contributed by atoms with Crippen molar-refractivity contribution in [1.82, 2.24) is 4.31 Å². The third kappa shape index (κ3) is 2.30. The summed E-state index contributed by atoms with van der Waals surface area (Å²) in [6.07, 6.45) is 1.78. The average Bonchev–Trinajstić information content (AvgIpc) is 2.69. The predicted octanol–water partition coefficient (Wildman–Crippen LogP) is 1.74. The van der Waals surface area contributed by atoms with Crippen molar-refractivity contribution < 1.29 is 13.5 Å². The van der Waals surface area contributed by atoms with E-state index in [1.807, 2.05) is 13.8 Å². The van der Waals surface area contributed by atoms with Gasteiger partial charge >= 0.3 is 0 Å². The topological polar surface area (TPSA) is 57.6 Å². The van der Waals surface area contributed by atoms with Crippen molar-refractivity contribution in [2.45, 2.75) is 43.7 Å². The Morgan fingerprint density at radius 2 is 2.11 bits per heavy atom. The Morgan fingerprint density at radius 3 is 2.67 bits per heavy atom. The van der Waals surface area contributed by atoms with Gasteiger partial charge in [-0.05, 0) is 44.4 Å². The number of aliphatic hydroxyl groups is 1. The zero-order valence-electron chi connectivity index (χ0n) is 10.8. The Kier molecular flexibility index (Phi) is 3.49. The van der Waals surface area contributed by atoms with Gasteiger partial charge in [-0.2, -0.15) is 4.31 Å². The fourth-order valence-electron chi connectivity index (χ4n) is 2.46. The van der Waals surface area contributed by atoms with Gasteiger partial charge in [0.1, 0.15) is 0 Å². The minimum atomic E-state index is -3.46. The summed E-state index contributed by atoms with van der Waals surface area (Å²) in [5, 5.41) is 9.09. The molecule has 0 aromatic heterocycles. The summed E-state index contributed by atoms with van der Waals surface area (Å²) >= 11 is 0. The van der Waals surface area contributed by atoms with Gasteiger partial charge in [-0.15, -0.1) is 0 Å². The highest BCUT2D eigenvalue weighted by Crippen LogP contribution is 2.33. The molecule has 0 spiro atoms. The minimum absolute atomic E-state index is 0.146. The van der Waals surface area contributed by atoms with Gasteiger partial charge < -0.3 is 5.11 Å². The van der Waals surface area contributed by atoms with Gasteiger partial charge in [-0.1, -0.05) is 12.1 Å². The van der Waals surface area contributed by atoms with Gasteiger partial charge in [0.05, 0.1) is 11.5 Å². The van der Waals surface area contributed by atoms with Crippen LogP contribution in [0, 0.1) is 0 Å². The molecule has 1 fully saturated rings. The van der Waals surface area contributed by atoms with Crippen LogP contribution in [0.5, 0.6) is 0 Å². The highest BCUT2D eigenvalue weighted by Gasteiger charge is 2.40. The van der Waals surface area contributed by atoms with Gasteiger partial charge in [0.15, 0.2) is 0 Å². The molecule has 4 nitrogen and oxygen atoms in total. The fraction of sp³-hybridized carbons (Fsp3) is 0.538. The van der Waals surface area contributed by atoms with E-state index < -0.39 is 10.0 Å². The number of nitrogens with zero attached hydrogens (tertiary/aromatic N) is 1. The Hall–Kier alpha value is -0.910. The Labute approximate surface area is 108 Å².